The molecule has 8 heteroatoms. The van der Waals surface area contributed by atoms with Gasteiger partial charge in [-0.2, -0.15) is 0 Å². The van der Waals surface area contributed by atoms with Gasteiger partial charge in [0, 0.05) is 18.3 Å². The van der Waals surface area contributed by atoms with Crippen LogP contribution >= 0.6 is 15.9 Å². The molecule has 0 aliphatic heterocycles. The summed E-state index contributed by atoms with van der Waals surface area (Å²) < 4.78 is 1.45. The van der Waals surface area contributed by atoms with Gasteiger partial charge in [0.2, 0.25) is 0 Å². The number of carboxylic acid groups (broad SMARTS) is 1. The average Bonchev–Trinajstić information content (AvgIpc) is 2.42. The second kappa shape index (κ2) is 5.88. The Morgan fingerprint density at radius 3 is 2.67 bits per heavy atom. The predicted molar refractivity (Wildman–Crippen MR) is 77.6 cm³/mol. The molecule has 0 atom stereocenters. The highest BCUT2D eigenvalue weighted by Gasteiger charge is 2.15. The number of halogens is 1. The Hall–Kier alpha value is -2.48. The van der Waals surface area contributed by atoms with Crippen LogP contribution in [0.2, 0.25) is 0 Å². The first kappa shape index (κ1) is 14.9. The van der Waals surface area contributed by atoms with Crippen molar-refractivity contribution in [2.75, 3.05) is 0 Å². The van der Waals surface area contributed by atoms with Crippen molar-refractivity contribution in [1.82, 2.24) is 4.57 Å². The van der Waals surface area contributed by atoms with Crippen LogP contribution in [-0.4, -0.2) is 20.6 Å². The molecule has 0 aliphatic rings. The van der Waals surface area contributed by atoms with Crippen LogP contribution < -0.4 is 5.56 Å². The molecule has 2 rings (SSSR count). The molecule has 21 heavy (non-hydrogen) atoms. The molecule has 0 saturated heterocycles. The summed E-state index contributed by atoms with van der Waals surface area (Å²) in [5, 5.41) is 19.8. The lowest BCUT2D eigenvalue weighted by atomic mass is 10.2. The number of nitro groups is 1. The number of hydrogen-bond donors (Lipinski definition) is 1. The Labute approximate surface area is 126 Å². The van der Waals surface area contributed by atoms with Crippen LogP contribution in [-0.2, 0) is 6.54 Å². The first-order chi connectivity index (χ1) is 9.90. The Bertz CT molecular complexity index is 784. The van der Waals surface area contributed by atoms with Crippen molar-refractivity contribution in [1.29, 1.82) is 0 Å². The minimum Gasteiger partial charge on any atom is -0.478 e. The number of benzene rings is 1. The van der Waals surface area contributed by atoms with Crippen LogP contribution in [0, 0.1) is 10.1 Å². The van der Waals surface area contributed by atoms with Gasteiger partial charge in [-0.25, -0.2) is 4.79 Å². The lowest BCUT2D eigenvalue weighted by Crippen LogP contribution is -2.21. The fourth-order valence-electron chi connectivity index (χ4n) is 1.79. The summed E-state index contributed by atoms with van der Waals surface area (Å²) in [7, 11) is 0. The first-order valence-corrected chi connectivity index (χ1v) is 6.55. The van der Waals surface area contributed by atoms with Crippen LogP contribution in [0.15, 0.2) is 45.8 Å². The largest absolute Gasteiger partial charge is 0.478 e. The quantitative estimate of drug-likeness (QED) is 0.671. The topological polar surface area (TPSA) is 102 Å². The van der Waals surface area contributed by atoms with Gasteiger partial charge in [-0.15, -0.1) is 0 Å². The second-order valence-electron chi connectivity index (χ2n) is 4.20. The Kier molecular flexibility index (Phi) is 4.18. The Balaban J connectivity index is 2.46. The normalized spacial score (nSPS) is 10.3. The van der Waals surface area contributed by atoms with Crippen LogP contribution in [0.5, 0.6) is 0 Å². The number of carbonyl (C=O) groups is 1. The van der Waals surface area contributed by atoms with E-state index in [1.807, 2.05) is 0 Å². The number of carboxylic acids is 1. The van der Waals surface area contributed by atoms with Crippen LogP contribution in [0.4, 0.5) is 5.69 Å². The summed E-state index contributed by atoms with van der Waals surface area (Å²) >= 11 is 3.14. The van der Waals surface area contributed by atoms with E-state index in [4.69, 9.17) is 5.11 Å². The zero-order chi connectivity index (χ0) is 15.6. The third-order valence-electron chi connectivity index (χ3n) is 2.83. The summed E-state index contributed by atoms with van der Waals surface area (Å²) in [6.45, 7) is 0.0300. The maximum atomic E-state index is 11.7. The number of hydrogen-bond acceptors (Lipinski definition) is 4. The highest BCUT2D eigenvalue weighted by atomic mass is 79.9. The molecule has 0 fully saturated rings. The third kappa shape index (κ3) is 3.16. The smallest absolute Gasteiger partial charge is 0.337 e. The van der Waals surface area contributed by atoms with Crippen molar-refractivity contribution in [3.05, 3.63) is 72.6 Å². The van der Waals surface area contributed by atoms with E-state index < -0.39 is 16.5 Å². The molecule has 0 unspecified atom stereocenters. The number of nitrogens with zero attached hydrogens (tertiary/aromatic N) is 2. The molecule has 2 aromatic rings. The van der Waals surface area contributed by atoms with Gasteiger partial charge >= 0.3 is 5.97 Å². The summed E-state index contributed by atoms with van der Waals surface area (Å²) in [6.07, 6.45) is 1.20. The van der Waals surface area contributed by atoms with Crippen LogP contribution in [0.1, 0.15) is 15.9 Å². The van der Waals surface area contributed by atoms with Crippen molar-refractivity contribution in [3.63, 3.8) is 0 Å². The van der Waals surface area contributed by atoms with E-state index in [-0.39, 0.29) is 22.3 Å². The monoisotopic (exact) mass is 352 g/mol. The number of pyridine rings is 1. The molecular formula is C13H9BrN2O5. The highest BCUT2D eigenvalue weighted by molar-refractivity contribution is 9.10. The van der Waals surface area contributed by atoms with Crippen molar-refractivity contribution in [2.45, 2.75) is 6.54 Å². The van der Waals surface area contributed by atoms with Crippen molar-refractivity contribution < 1.29 is 14.8 Å². The summed E-state index contributed by atoms with van der Waals surface area (Å²) in [6, 6.07) is 6.82. The first-order valence-electron chi connectivity index (χ1n) is 5.75. The van der Waals surface area contributed by atoms with Crippen LogP contribution in [0.3, 0.4) is 0 Å². The molecule has 0 amide bonds. The molecule has 7 nitrogen and oxygen atoms in total. The Morgan fingerprint density at radius 2 is 2.05 bits per heavy atom. The number of nitro benzene ring substituents is 1. The number of aromatic carboxylic acids is 1. The van der Waals surface area contributed by atoms with Gasteiger partial charge in [0.1, 0.15) is 4.47 Å². The van der Waals surface area contributed by atoms with Crippen molar-refractivity contribution in [3.8, 4) is 0 Å². The van der Waals surface area contributed by atoms with E-state index in [9.17, 15) is 19.7 Å². The molecule has 108 valence electrons. The molecule has 1 aromatic carbocycles. The number of aromatic nitrogens is 1. The molecule has 0 spiro atoms. The maximum absolute atomic E-state index is 11.7. The van der Waals surface area contributed by atoms with Gasteiger partial charge in [0.05, 0.1) is 17.0 Å². The fraction of sp³-hybridized carbons (Fsp3) is 0.0769. The van der Waals surface area contributed by atoms with Crippen molar-refractivity contribution >= 4 is 27.6 Å². The van der Waals surface area contributed by atoms with E-state index >= 15 is 0 Å². The second-order valence-corrected chi connectivity index (χ2v) is 4.99. The van der Waals surface area contributed by atoms with Gasteiger partial charge in [-0.05, 0) is 27.6 Å². The minimum absolute atomic E-state index is 0.0300. The van der Waals surface area contributed by atoms with E-state index in [2.05, 4.69) is 15.9 Å². The molecule has 1 heterocycles. The van der Waals surface area contributed by atoms with E-state index in [0.717, 1.165) is 6.07 Å². The fourth-order valence-corrected chi connectivity index (χ4v) is 2.33. The Morgan fingerprint density at radius 1 is 1.33 bits per heavy atom. The van der Waals surface area contributed by atoms with Crippen LogP contribution in [0.25, 0.3) is 0 Å². The molecule has 0 aliphatic carbocycles. The lowest BCUT2D eigenvalue weighted by molar-refractivity contribution is -0.385. The predicted octanol–water partition coefficient (Wildman–Crippen LogP) is 2.27. The zero-order valence-corrected chi connectivity index (χ0v) is 12.1. The van der Waals surface area contributed by atoms with E-state index in [1.165, 1.54) is 29.0 Å². The summed E-state index contributed by atoms with van der Waals surface area (Å²) in [5.41, 5.74) is -0.0293. The average molecular weight is 353 g/mol. The molecule has 0 radical (unpaired) electrons. The molecular weight excluding hydrogens is 344 g/mol. The van der Waals surface area contributed by atoms with Gasteiger partial charge in [0.25, 0.3) is 11.2 Å². The summed E-state index contributed by atoms with van der Waals surface area (Å²) in [4.78, 5) is 33.0. The lowest BCUT2D eigenvalue weighted by Gasteiger charge is -2.08. The standard InChI is InChI=1S/C13H9BrN2O5/c14-12-8(2-1-3-10(12)16(20)21)6-15-7-9(13(18)19)4-5-11(15)17/h1-5,7H,6H2,(H,18,19). The zero-order valence-electron chi connectivity index (χ0n) is 10.5. The van der Waals surface area contributed by atoms with E-state index in [1.54, 1.807) is 6.07 Å². The summed E-state index contributed by atoms with van der Waals surface area (Å²) in [5.74, 6) is -1.15. The molecule has 1 aromatic heterocycles. The van der Waals surface area contributed by atoms with Gasteiger partial charge < -0.3 is 9.67 Å². The minimum atomic E-state index is -1.15. The third-order valence-corrected chi connectivity index (χ3v) is 3.74. The molecule has 0 bridgehead atoms. The molecule has 1 N–H and O–H groups in total. The van der Waals surface area contributed by atoms with Gasteiger partial charge in [-0.3, -0.25) is 14.9 Å². The van der Waals surface area contributed by atoms with Gasteiger partial charge in [-0.1, -0.05) is 12.1 Å². The van der Waals surface area contributed by atoms with E-state index in [0.29, 0.717) is 5.56 Å². The van der Waals surface area contributed by atoms with Gasteiger partial charge in [0.15, 0.2) is 0 Å². The maximum Gasteiger partial charge on any atom is 0.337 e. The highest BCUT2D eigenvalue weighted by Crippen LogP contribution is 2.28. The SMILES string of the molecule is O=C(O)c1ccc(=O)n(Cc2cccc([N+](=O)[O-])c2Br)c1. The molecule has 0 saturated carbocycles. The van der Waals surface area contributed by atoms with Crippen molar-refractivity contribution in [2.24, 2.45) is 0 Å². The number of rotatable bonds is 4.